The highest BCUT2D eigenvalue weighted by atomic mass is 16.5. The van der Waals surface area contributed by atoms with Gasteiger partial charge in [-0.15, -0.1) is 0 Å². The average molecular weight is 250 g/mol. The third-order valence-corrected chi connectivity index (χ3v) is 2.21. The van der Waals surface area contributed by atoms with Crippen LogP contribution in [-0.4, -0.2) is 24.9 Å². The number of hydrogen-bond acceptors (Lipinski definition) is 4. The Bertz CT molecular complexity index is 471. The number of primary amides is 1. The summed E-state index contributed by atoms with van der Waals surface area (Å²) in [5.41, 5.74) is 5.88. The molecule has 3 N–H and O–H groups in total. The highest BCUT2D eigenvalue weighted by Gasteiger charge is 2.08. The predicted octanol–water partition coefficient (Wildman–Crippen LogP) is 0.677. The number of nitrogens with one attached hydrogen (secondary N) is 1. The largest absolute Gasteiger partial charge is 0.469 e. The number of anilines is 1. The Morgan fingerprint density at radius 3 is 2.61 bits per heavy atom. The number of carbonyl (C=O) groups excluding carboxylic acids is 3. The summed E-state index contributed by atoms with van der Waals surface area (Å²) in [4.78, 5) is 33.3. The van der Waals surface area contributed by atoms with Crippen LogP contribution in [0, 0.1) is 0 Å². The van der Waals surface area contributed by atoms with Crippen LogP contribution in [0.25, 0.3) is 0 Å². The first-order valence-corrected chi connectivity index (χ1v) is 5.29. The summed E-state index contributed by atoms with van der Waals surface area (Å²) in [6, 6.07) is 6.25. The van der Waals surface area contributed by atoms with Crippen LogP contribution >= 0.6 is 0 Å². The Balaban J connectivity index is 2.56. The topological polar surface area (TPSA) is 98.5 Å². The normalized spacial score (nSPS) is 9.61. The van der Waals surface area contributed by atoms with Crippen LogP contribution in [-0.2, 0) is 14.3 Å². The molecule has 1 aromatic carbocycles. The van der Waals surface area contributed by atoms with Gasteiger partial charge in [0.2, 0.25) is 11.8 Å². The average Bonchev–Trinajstić information content (AvgIpc) is 2.36. The van der Waals surface area contributed by atoms with Crippen LogP contribution in [0.5, 0.6) is 0 Å². The summed E-state index contributed by atoms with van der Waals surface area (Å²) < 4.78 is 4.42. The van der Waals surface area contributed by atoms with Crippen LogP contribution < -0.4 is 11.1 Å². The first kappa shape index (κ1) is 13.7. The summed E-state index contributed by atoms with van der Waals surface area (Å²) >= 11 is 0. The Morgan fingerprint density at radius 1 is 1.28 bits per heavy atom. The van der Waals surface area contributed by atoms with Crippen molar-refractivity contribution < 1.29 is 19.1 Å². The fourth-order valence-electron chi connectivity index (χ4n) is 1.29. The standard InChI is InChI=1S/C12H14N2O4/c1-18-11(16)6-5-10(15)14-9-4-2-3-8(7-9)12(13)17/h2-4,7H,5-6H2,1H3,(H2,13,17)(H,14,15). The molecule has 6 nitrogen and oxygen atoms in total. The number of benzene rings is 1. The third-order valence-electron chi connectivity index (χ3n) is 2.21. The molecule has 18 heavy (non-hydrogen) atoms. The molecule has 6 heteroatoms. The molecule has 0 saturated heterocycles. The van der Waals surface area contributed by atoms with Gasteiger partial charge in [0, 0.05) is 17.7 Å². The molecule has 0 aliphatic rings. The van der Waals surface area contributed by atoms with E-state index in [1.54, 1.807) is 18.2 Å². The van der Waals surface area contributed by atoms with Gasteiger partial charge in [0.1, 0.15) is 0 Å². The van der Waals surface area contributed by atoms with Crippen molar-refractivity contribution in [3.63, 3.8) is 0 Å². The molecular formula is C12H14N2O4. The van der Waals surface area contributed by atoms with Crippen molar-refractivity contribution in [1.82, 2.24) is 0 Å². The van der Waals surface area contributed by atoms with Crippen LogP contribution in [0.15, 0.2) is 24.3 Å². The lowest BCUT2D eigenvalue weighted by atomic mass is 10.2. The number of esters is 1. The molecule has 0 saturated carbocycles. The molecule has 0 bridgehead atoms. The number of nitrogens with two attached hydrogens (primary N) is 1. The van der Waals surface area contributed by atoms with Crippen molar-refractivity contribution in [2.24, 2.45) is 5.73 Å². The van der Waals surface area contributed by atoms with Crippen molar-refractivity contribution in [2.45, 2.75) is 12.8 Å². The van der Waals surface area contributed by atoms with E-state index in [1.165, 1.54) is 13.2 Å². The molecule has 2 amide bonds. The Labute approximate surface area is 104 Å². The molecular weight excluding hydrogens is 236 g/mol. The smallest absolute Gasteiger partial charge is 0.306 e. The maximum atomic E-state index is 11.5. The SMILES string of the molecule is COC(=O)CCC(=O)Nc1cccc(C(N)=O)c1. The number of methoxy groups -OCH3 is 1. The number of rotatable bonds is 5. The van der Waals surface area contributed by atoms with E-state index in [0.717, 1.165) is 0 Å². The monoisotopic (exact) mass is 250 g/mol. The summed E-state index contributed by atoms with van der Waals surface area (Å²) in [6.07, 6.45) is 0.0331. The van der Waals surface area contributed by atoms with Crippen LogP contribution in [0.1, 0.15) is 23.2 Å². The highest BCUT2D eigenvalue weighted by Crippen LogP contribution is 2.10. The van der Waals surface area contributed by atoms with E-state index < -0.39 is 11.9 Å². The highest BCUT2D eigenvalue weighted by molar-refractivity contribution is 5.96. The molecule has 96 valence electrons. The molecule has 0 fully saturated rings. The minimum Gasteiger partial charge on any atom is -0.469 e. The van der Waals surface area contributed by atoms with Gasteiger partial charge in [-0.05, 0) is 18.2 Å². The molecule has 0 unspecified atom stereocenters. The maximum Gasteiger partial charge on any atom is 0.306 e. The van der Waals surface area contributed by atoms with Crippen molar-refractivity contribution >= 4 is 23.5 Å². The Kier molecular flexibility index (Phi) is 4.86. The lowest BCUT2D eigenvalue weighted by Gasteiger charge is -2.05. The third kappa shape index (κ3) is 4.25. The van der Waals surface area contributed by atoms with Crippen LogP contribution in [0.3, 0.4) is 0 Å². The lowest BCUT2D eigenvalue weighted by molar-refractivity contribution is -0.141. The van der Waals surface area contributed by atoms with Crippen molar-refractivity contribution in [3.05, 3.63) is 29.8 Å². The molecule has 0 spiro atoms. The van der Waals surface area contributed by atoms with Gasteiger partial charge in [0.25, 0.3) is 0 Å². The minimum atomic E-state index is -0.569. The summed E-state index contributed by atoms with van der Waals surface area (Å²) in [5.74, 6) is -1.35. The van der Waals surface area contributed by atoms with Gasteiger partial charge < -0.3 is 15.8 Å². The zero-order valence-electron chi connectivity index (χ0n) is 9.93. The van der Waals surface area contributed by atoms with Crippen molar-refractivity contribution in [3.8, 4) is 0 Å². The molecule has 0 aliphatic carbocycles. The molecule has 1 rings (SSSR count). The van der Waals surface area contributed by atoms with E-state index >= 15 is 0 Å². The fraction of sp³-hybridized carbons (Fsp3) is 0.250. The predicted molar refractivity (Wildman–Crippen MR) is 64.8 cm³/mol. The second kappa shape index (κ2) is 6.39. The van der Waals surface area contributed by atoms with Gasteiger partial charge in [-0.3, -0.25) is 14.4 Å². The molecule has 0 aromatic heterocycles. The summed E-state index contributed by atoms with van der Waals surface area (Å²) in [7, 11) is 1.26. The molecule has 1 aromatic rings. The van der Waals surface area contributed by atoms with E-state index in [9.17, 15) is 14.4 Å². The van der Waals surface area contributed by atoms with Crippen molar-refractivity contribution in [2.75, 3.05) is 12.4 Å². The molecule has 0 heterocycles. The van der Waals surface area contributed by atoms with E-state index in [4.69, 9.17) is 5.73 Å². The van der Waals surface area contributed by atoms with Gasteiger partial charge >= 0.3 is 5.97 Å². The summed E-state index contributed by atoms with van der Waals surface area (Å²) in [5, 5.41) is 2.56. The zero-order chi connectivity index (χ0) is 13.5. The lowest BCUT2D eigenvalue weighted by Crippen LogP contribution is -2.15. The maximum absolute atomic E-state index is 11.5. The second-order valence-electron chi connectivity index (χ2n) is 3.57. The fourth-order valence-corrected chi connectivity index (χ4v) is 1.29. The Morgan fingerprint density at radius 2 is 2.00 bits per heavy atom. The molecule has 0 radical (unpaired) electrons. The number of hydrogen-bond donors (Lipinski definition) is 2. The molecule has 0 atom stereocenters. The second-order valence-corrected chi connectivity index (χ2v) is 3.57. The van der Waals surface area contributed by atoms with E-state index in [1.807, 2.05) is 0 Å². The van der Waals surface area contributed by atoms with Crippen LogP contribution in [0.2, 0.25) is 0 Å². The van der Waals surface area contributed by atoms with Gasteiger partial charge in [-0.1, -0.05) is 6.07 Å². The number of carbonyl (C=O) groups is 3. The number of ether oxygens (including phenoxy) is 1. The summed E-state index contributed by atoms with van der Waals surface area (Å²) in [6.45, 7) is 0. The minimum absolute atomic E-state index is 0.0117. The van der Waals surface area contributed by atoms with E-state index in [0.29, 0.717) is 11.3 Å². The quantitative estimate of drug-likeness (QED) is 0.750. The van der Waals surface area contributed by atoms with Gasteiger partial charge in [-0.2, -0.15) is 0 Å². The first-order chi connectivity index (χ1) is 8.52. The van der Waals surface area contributed by atoms with Gasteiger partial charge in [0.15, 0.2) is 0 Å². The van der Waals surface area contributed by atoms with Gasteiger partial charge in [-0.25, -0.2) is 0 Å². The van der Waals surface area contributed by atoms with E-state index in [-0.39, 0.29) is 18.7 Å². The first-order valence-electron chi connectivity index (χ1n) is 5.29. The van der Waals surface area contributed by atoms with Crippen LogP contribution in [0.4, 0.5) is 5.69 Å². The number of amides is 2. The molecule has 0 aliphatic heterocycles. The van der Waals surface area contributed by atoms with E-state index in [2.05, 4.69) is 10.1 Å². The zero-order valence-corrected chi connectivity index (χ0v) is 9.93. The van der Waals surface area contributed by atoms with Gasteiger partial charge in [0.05, 0.1) is 13.5 Å². The van der Waals surface area contributed by atoms with Crippen molar-refractivity contribution in [1.29, 1.82) is 0 Å². The Hall–Kier alpha value is -2.37.